The van der Waals surface area contributed by atoms with Crippen LogP contribution in [0.15, 0.2) is 0 Å². The zero-order valence-corrected chi connectivity index (χ0v) is 10.1. The minimum Gasteiger partial charge on any atom is -0.481 e. The Morgan fingerprint density at radius 2 is 2.31 bits per heavy atom. The number of aliphatic hydroxyl groups excluding tert-OH is 1. The van der Waals surface area contributed by atoms with Gasteiger partial charge in [-0.25, -0.2) is 0 Å². The van der Waals surface area contributed by atoms with Crippen molar-refractivity contribution in [2.45, 2.75) is 45.6 Å². The predicted octanol–water partition coefficient (Wildman–Crippen LogP) is 1.66. The van der Waals surface area contributed by atoms with Crippen molar-refractivity contribution in [3.8, 4) is 0 Å². The van der Waals surface area contributed by atoms with E-state index in [1.54, 1.807) is 0 Å². The van der Waals surface area contributed by atoms with Crippen LogP contribution >= 0.6 is 0 Å². The van der Waals surface area contributed by atoms with Crippen molar-refractivity contribution in [2.75, 3.05) is 13.2 Å². The Labute approximate surface area is 96.6 Å². The molecule has 1 fully saturated rings. The zero-order valence-electron chi connectivity index (χ0n) is 10.1. The second-order valence-corrected chi connectivity index (χ2v) is 4.95. The minimum atomic E-state index is -0.771. The van der Waals surface area contributed by atoms with Gasteiger partial charge in [0.05, 0.1) is 18.1 Å². The van der Waals surface area contributed by atoms with Crippen LogP contribution in [0.1, 0.15) is 39.5 Å². The van der Waals surface area contributed by atoms with Gasteiger partial charge in [0.25, 0.3) is 0 Å². The first-order chi connectivity index (χ1) is 7.50. The van der Waals surface area contributed by atoms with Crippen molar-refractivity contribution >= 4 is 5.97 Å². The number of carboxylic acid groups (broad SMARTS) is 1. The number of carbonyl (C=O) groups is 1. The van der Waals surface area contributed by atoms with Gasteiger partial charge < -0.3 is 14.9 Å². The molecule has 1 rings (SSSR count). The molecule has 0 amide bonds. The van der Waals surface area contributed by atoms with Crippen molar-refractivity contribution in [3.05, 3.63) is 0 Å². The van der Waals surface area contributed by atoms with Crippen LogP contribution in [-0.2, 0) is 9.53 Å². The first-order valence-corrected chi connectivity index (χ1v) is 5.99. The minimum absolute atomic E-state index is 0.236. The molecular weight excluding hydrogens is 208 g/mol. The topological polar surface area (TPSA) is 66.8 Å². The van der Waals surface area contributed by atoms with Crippen molar-refractivity contribution < 1.29 is 19.7 Å². The van der Waals surface area contributed by atoms with Crippen LogP contribution < -0.4 is 0 Å². The van der Waals surface area contributed by atoms with Gasteiger partial charge in [0.15, 0.2) is 0 Å². The SMILES string of the molecule is CCOCC(O)CC1(C(=O)O)CCC(C)C1. The first kappa shape index (κ1) is 13.5. The van der Waals surface area contributed by atoms with Gasteiger partial charge >= 0.3 is 5.97 Å². The first-order valence-electron chi connectivity index (χ1n) is 5.99. The summed E-state index contributed by atoms with van der Waals surface area (Å²) in [4.78, 5) is 11.3. The molecule has 0 heterocycles. The standard InChI is InChI=1S/C12H22O4/c1-3-16-8-10(13)7-12(11(14)15)5-4-9(2)6-12/h9-10,13H,3-8H2,1-2H3,(H,14,15). The summed E-state index contributed by atoms with van der Waals surface area (Å²) < 4.78 is 5.11. The lowest BCUT2D eigenvalue weighted by atomic mass is 9.80. The summed E-state index contributed by atoms with van der Waals surface area (Å²) in [5.74, 6) is -0.331. The lowest BCUT2D eigenvalue weighted by molar-refractivity contribution is -0.151. The van der Waals surface area contributed by atoms with Crippen molar-refractivity contribution in [1.29, 1.82) is 0 Å². The fourth-order valence-electron chi connectivity index (χ4n) is 2.62. The largest absolute Gasteiger partial charge is 0.481 e. The van der Waals surface area contributed by atoms with E-state index in [0.717, 1.165) is 6.42 Å². The molecule has 1 aliphatic carbocycles. The maximum absolute atomic E-state index is 11.3. The Balaban J connectivity index is 2.55. The van der Waals surface area contributed by atoms with Gasteiger partial charge in [-0.15, -0.1) is 0 Å². The highest BCUT2D eigenvalue weighted by Gasteiger charge is 2.45. The van der Waals surface area contributed by atoms with E-state index in [1.807, 2.05) is 6.92 Å². The van der Waals surface area contributed by atoms with Crippen LogP contribution in [0, 0.1) is 11.3 Å². The molecule has 0 bridgehead atoms. The highest BCUT2D eigenvalue weighted by Crippen LogP contribution is 2.45. The highest BCUT2D eigenvalue weighted by molar-refractivity contribution is 5.75. The molecule has 0 aromatic heterocycles. The number of hydrogen-bond donors (Lipinski definition) is 2. The Hall–Kier alpha value is -0.610. The van der Waals surface area contributed by atoms with Gasteiger partial charge in [0, 0.05) is 6.61 Å². The number of ether oxygens (including phenoxy) is 1. The summed E-state index contributed by atoms with van der Waals surface area (Å²) >= 11 is 0. The van der Waals surface area contributed by atoms with E-state index in [-0.39, 0.29) is 6.61 Å². The van der Waals surface area contributed by atoms with E-state index in [9.17, 15) is 15.0 Å². The van der Waals surface area contributed by atoms with Crippen LogP contribution in [0.2, 0.25) is 0 Å². The van der Waals surface area contributed by atoms with Crippen LogP contribution in [0.4, 0.5) is 0 Å². The van der Waals surface area contributed by atoms with Crippen LogP contribution in [0.25, 0.3) is 0 Å². The number of rotatable bonds is 6. The van der Waals surface area contributed by atoms with Gasteiger partial charge in [0.2, 0.25) is 0 Å². The number of carboxylic acids is 1. The summed E-state index contributed by atoms with van der Waals surface area (Å²) in [5.41, 5.74) is -0.726. The molecule has 3 unspecified atom stereocenters. The van der Waals surface area contributed by atoms with Crippen LogP contribution in [0.3, 0.4) is 0 Å². The molecule has 94 valence electrons. The molecule has 0 spiro atoms. The Kier molecular flexibility index (Phi) is 4.74. The fourth-order valence-corrected chi connectivity index (χ4v) is 2.62. The summed E-state index contributed by atoms with van der Waals surface area (Å²) in [5, 5.41) is 19.1. The lowest BCUT2D eigenvalue weighted by Crippen LogP contribution is -2.34. The van der Waals surface area contributed by atoms with Gasteiger partial charge in [-0.2, -0.15) is 0 Å². The van der Waals surface area contributed by atoms with E-state index in [4.69, 9.17) is 4.74 Å². The molecule has 16 heavy (non-hydrogen) atoms. The van der Waals surface area contributed by atoms with E-state index >= 15 is 0 Å². The predicted molar refractivity (Wildman–Crippen MR) is 60.2 cm³/mol. The van der Waals surface area contributed by atoms with Gasteiger partial charge in [-0.1, -0.05) is 6.92 Å². The highest BCUT2D eigenvalue weighted by atomic mass is 16.5. The average molecular weight is 230 g/mol. The van der Waals surface area contributed by atoms with Gasteiger partial charge in [-0.3, -0.25) is 4.79 Å². The molecule has 2 N–H and O–H groups in total. The quantitative estimate of drug-likeness (QED) is 0.728. The smallest absolute Gasteiger partial charge is 0.309 e. The number of aliphatic hydroxyl groups is 1. The summed E-state index contributed by atoms with van der Waals surface area (Å²) in [6.07, 6.45) is 1.93. The molecule has 4 heteroatoms. The third-order valence-corrected chi connectivity index (χ3v) is 3.45. The molecule has 0 saturated heterocycles. The molecule has 1 saturated carbocycles. The van der Waals surface area contributed by atoms with Crippen molar-refractivity contribution in [1.82, 2.24) is 0 Å². The molecule has 0 aromatic carbocycles. The van der Waals surface area contributed by atoms with Gasteiger partial charge in [-0.05, 0) is 38.5 Å². The van der Waals surface area contributed by atoms with Crippen molar-refractivity contribution in [3.63, 3.8) is 0 Å². The average Bonchev–Trinajstić information content (AvgIpc) is 2.58. The number of aliphatic carboxylic acids is 1. The summed E-state index contributed by atoms with van der Waals surface area (Å²) in [6, 6.07) is 0. The fraction of sp³-hybridized carbons (Fsp3) is 0.917. The Bertz CT molecular complexity index is 241. The second-order valence-electron chi connectivity index (χ2n) is 4.95. The zero-order chi connectivity index (χ0) is 12.2. The van der Waals surface area contributed by atoms with Gasteiger partial charge in [0.1, 0.15) is 0 Å². The molecule has 4 nitrogen and oxygen atoms in total. The molecule has 0 aliphatic heterocycles. The Morgan fingerprint density at radius 1 is 1.62 bits per heavy atom. The lowest BCUT2D eigenvalue weighted by Gasteiger charge is -2.26. The molecular formula is C12H22O4. The third-order valence-electron chi connectivity index (χ3n) is 3.45. The van der Waals surface area contributed by atoms with E-state index in [1.165, 1.54) is 0 Å². The molecule has 0 aromatic rings. The van der Waals surface area contributed by atoms with E-state index in [0.29, 0.717) is 31.8 Å². The maximum atomic E-state index is 11.3. The summed E-state index contributed by atoms with van der Waals surface area (Å²) in [7, 11) is 0. The van der Waals surface area contributed by atoms with E-state index < -0.39 is 17.5 Å². The van der Waals surface area contributed by atoms with E-state index in [2.05, 4.69) is 6.92 Å². The molecule has 1 aliphatic rings. The normalized spacial score (nSPS) is 31.6. The van der Waals surface area contributed by atoms with Crippen LogP contribution in [-0.4, -0.2) is 35.5 Å². The molecule has 3 atom stereocenters. The maximum Gasteiger partial charge on any atom is 0.309 e. The molecule has 0 radical (unpaired) electrons. The monoisotopic (exact) mass is 230 g/mol. The third kappa shape index (κ3) is 3.19. The Morgan fingerprint density at radius 3 is 2.75 bits per heavy atom. The van der Waals surface area contributed by atoms with Crippen LogP contribution in [0.5, 0.6) is 0 Å². The summed E-state index contributed by atoms with van der Waals surface area (Å²) in [6.45, 7) is 4.71. The van der Waals surface area contributed by atoms with Crippen molar-refractivity contribution in [2.24, 2.45) is 11.3 Å². The number of hydrogen-bond acceptors (Lipinski definition) is 3. The second kappa shape index (κ2) is 5.64.